The molecule has 1 rings (SSSR count). The Hall–Kier alpha value is -1.51. The van der Waals surface area contributed by atoms with E-state index in [9.17, 15) is 4.79 Å². The van der Waals surface area contributed by atoms with E-state index in [1.165, 1.54) is 7.11 Å². The molecular weight excluding hydrogens is 224 g/mol. The number of hydrogen-bond donors (Lipinski definition) is 2. The lowest BCUT2D eigenvalue weighted by Crippen LogP contribution is -2.09. The van der Waals surface area contributed by atoms with Crippen LogP contribution in [-0.4, -0.2) is 13.1 Å². The van der Waals surface area contributed by atoms with Crippen molar-refractivity contribution in [2.75, 3.05) is 7.11 Å². The van der Waals surface area contributed by atoms with Crippen molar-refractivity contribution in [3.63, 3.8) is 0 Å². The standard InChI is InChI=1S/C11H12N2O2S/c1-15-11(14)4-7-2-9(6-13)10(16)3-8(7)5-12/h2-3,16H,4-5,12H2,1H3. The summed E-state index contributed by atoms with van der Waals surface area (Å²) in [6.45, 7) is 0.297. The Morgan fingerprint density at radius 3 is 2.75 bits per heavy atom. The Bertz CT molecular complexity index is 452. The van der Waals surface area contributed by atoms with Crippen LogP contribution in [-0.2, 0) is 22.5 Å². The van der Waals surface area contributed by atoms with Crippen LogP contribution in [0.15, 0.2) is 17.0 Å². The van der Waals surface area contributed by atoms with E-state index in [1.54, 1.807) is 12.1 Å². The third-order valence-electron chi connectivity index (χ3n) is 2.22. The van der Waals surface area contributed by atoms with Gasteiger partial charge in [0, 0.05) is 11.4 Å². The molecule has 0 radical (unpaired) electrons. The summed E-state index contributed by atoms with van der Waals surface area (Å²) in [6.07, 6.45) is 0.117. The summed E-state index contributed by atoms with van der Waals surface area (Å²) in [6, 6.07) is 5.34. The lowest BCUT2D eigenvalue weighted by Gasteiger charge is -2.09. The number of carbonyl (C=O) groups is 1. The van der Waals surface area contributed by atoms with Crippen LogP contribution in [0.2, 0.25) is 0 Å². The van der Waals surface area contributed by atoms with Crippen LogP contribution in [0.5, 0.6) is 0 Å². The molecule has 0 aliphatic rings. The van der Waals surface area contributed by atoms with E-state index in [-0.39, 0.29) is 12.4 Å². The van der Waals surface area contributed by atoms with Crippen molar-refractivity contribution >= 4 is 18.6 Å². The molecule has 16 heavy (non-hydrogen) atoms. The molecule has 1 aromatic rings. The zero-order valence-electron chi connectivity index (χ0n) is 8.86. The molecule has 1 aromatic carbocycles. The Balaban J connectivity index is 3.15. The van der Waals surface area contributed by atoms with Gasteiger partial charge in [-0.3, -0.25) is 4.79 Å². The third kappa shape index (κ3) is 2.75. The summed E-state index contributed by atoms with van der Waals surface area (Å²) in [7, 11) is 1.32. The molecular formula is C11H12N2O2S. The minimum Gasteiger partial charge on any atom is -0.469 e. The van der Waals surface area contributed by atoms with Crippen LogP contribution in [0, 0.1) is 11.3 Å². The monoisotopic (exact) mass is 236 g/mol. The van der Waals surface area contributed by atoms with Crippen molar-refractivity contribution in [1.82, 2.24) is 0 Å². The van der Waals surface area contributed by atoms with Gasteiger partial charge in [0.05, 0.1) is 19.1 Å². The predicted molar refractivity (Wildman–Crippen MR) is 62.0 cm³/mol. The number of nitrogens with two attached hydrogens (primary N) is 1. The maximum absolute atomic E-state index is 11.2. The van der Waals surface area contributed by atoms with E-state index in [4.69, 9.17) is 11.0 Å². The molecule has 84 valence electrons. The SMILES string of the molecule is COC(=O)Cc1cc(C#N)c(S)cc1CN. The van der Waals surface area contributed by atoms with Crippen LogP contribution < -0.4 is 5.73 Å². The molecule has 0 aromatic heterocycles. The predicted octanol–water partition coefficient (Wildman–Crippen LogP) is 1.02. The average molecular weight is 236 g/mol. The molecule has 0 saturated carbocycles. The van der Waals surface area contributed by atoms with Gasteiger partial charge in [0.15, 0.2) is 0 Å². The van der Waals surface area contributed by atoms with Crippen LogP contribution >= 0.6 is 12.6 Å². The maximum Gasteiger partial charge on any atom is 0.309 e. The molecule has 2 N–H and O–H groups in total. The fourth-order valence-corrected chi connectivity index (χ4v) is 1.62. The highest BCUT2D eigenvalue weighted by Gasteiger charge is 2.10. The van der Waals surface area contributed by atoms with E-state index in [0.29, 0.717) is 22.6 Å². The number of nitriles is 1. The van der Waals surface area contributed by atoms with Gasteiger partial charge in [0.1, 0.15) is 6.07 Å². The normalized spacial score (nSPS) is 9.62. The number of thiol groups is 1. The number of ether oxygens (including phenoxy) is 1. The van der Waals surface area contributed by atoms with Crippen molar-refractivity contribution < 1.29 is 9.53 Å². The summed E-state index contributed by atoms with van der Waals surface area (Å²) < 4.78 is 4.58. The number of benzene rings is 1. The minimum absolute atomic E-state index is 0.117. The lowest BCUT2D eigenvalue weighted by atomic mass is 10.0. The molecule has 0 bridgehead atoms. The van der Waals surface area contributed by atoms with Crippen LogP contribution in [0.4, 0.5) is 0 Å². The minimum atomic E-state index is -0.356. The summed E-state index contributed by atoms with van der Waals surface area (Å²) in [5.41, 5.74) is 7.50. The van der Waals surface area contributed by atoms with Crippen molar-refractivity contribution in [1.29, 1.82) is 5.26 Å². The first kappa shape index (κ1) is 12.6. The van der Waals surface area contributed by atoms with Crippen LogP contribution in [0.3, 0.4) is 0 Å². The number of esters is 1. The van der Waals surface area contributed by atoms with Gasteiger partial charge < -0.3 is 10.5 Å². The van der Waals surface area contributed by atoms with E-state index < -0.39 is 0 Å². The molecule has 0 heterocycles. The number of nitrogens with zero attached hydrogens (tertiary/aromatic N) is 1. The summed E-state index contributed by atoms with van der Waals surface area (Å²) in [5, 5.41) is 8.85. The number of hydrogen-bond acceptors (Lipinski definition) is 5. The topological polar surface area (TPSA) is 76.1 Å². The van der Waals surface area contributed by atoms with Gasteiger partial charge in [0.25, 0.3) is 0 Å². The third-order valence-corrected chi connectivity index (χ3v) is 2.59. The summed E-state index contributed by atoms with van der Waals surface area (Å²) in [4.78, 5) is 11.7. The van der Waals surface area contributed by atoms with Gasteiger partial charge in [-0.05, 0) is 23.3 Å². The van der Waals surface area contributed by atoms with Gasteiger partial charge in [-0.1, -0.05) is 0 Å². The van der Waals surface area contributed by atoms with E-state index in [1.807, 2.05) is 6.07 Å². The Kier molecular flexibility index (Phi) is 4.35. The maximum atomic E-state index is 11.2. The van der Waals surface area contributed by atoms with E-state index >= 15 is 0 Å². The first-order chi connectivity index (χ1) is 7.62. The molecule has 0 aliphatic carbocycles. The van der Waals surface area contributed by atoms with Gasteiger partial charge in [-0.25, -0.2) is 0 Å². The highest BCUT2D eigenvalue weighted by molar-refractivity contribution is 7.80. The smallest absolute Gasteiger partial charge is 0.309 e. The van der Waals surface area contributed by atoms with Crippen molar-refractivity contribution in [3.05, 3.63) is 28.8 Å². The Morgan fingerprint density at radius 2 is 2.25 bits per heavy atom. The molecule has 0 aliphatic heterocycles. The molecule has 0 atom stereocenters. The van der Waals surface area contributed by atoms with Crippen LogP contribution in [0.1, 0.15) is 16.7 Å². The fourth-order valence-electron chi connectivity index (χ4n) is 1.35. The second-order valence-corrected chi connectivity index (χ2v) is 3.69. The lowest BCUT2D eigenvalue weighted by molar-refractivity contribution is -0.139. The average Bonchev–Trinajstić information content (AvgIpc) is 2.30. The van der Waals surface area contributed by atoms with E-state index in [0.717, 1.165) is 5.56 Å². The van der Waals surface area contributed by atoms with Crippen LogP contribution in [0.25, 0.3) is 0 Å². The largest absolute Gasteiger partial charge is 0.469 e. The molecule has 0 amide bonds. The highest BCUT2D eigenvalue weighted by atomic mass is 32.1. The fraction of sp³-hybridized carbons (Fsp3) is 0.273. The van der Waals surface area contributed by atoms with E-state index in [2.05, 4.69) is 17.4 Å². The molecule has 4 nitrogen and oxygen atoms in total. The second-order valence-electron chi connectivity index (χ2n) is 3.21. The number of methoxy groups -OCH3 is 1. The van der Waals surface area contributed by atoms with Gasteiger partial charge >= 0.3 is 5.97 Å². The Morgan fingerprint density at radius 1 is 1.56 bits per heavy atom. The van der Waals surface area contributed by atoms with Crippen molar-refractivity contribution in [2.24, 2.45) is 5.73 Å². The first-order valence-electron chi connectivity index (χ1n) is 4.64. The quantitative estimate of drug-likeness (QED) is 0.607. The molecule has 0 spiro atoms. The molecule has 5 heteroatoms. The zero-order chi connectivity index (χ0) is 12.1. The first-order valence-corrected chi connectivity index (χ1v) is 5.08. The Labute approximate surface area is 99.4 Å². The summed E-state index contributed by atoms with van der Waals surface area (Å²) in [5.74, 6) is -0.356. The second kappa shape index (κ2) is 5.54. The zero-order valence-corrected chi connectivity index (χ0v) is 9.75. The number of carbonyl (C=O) groups excluding carboxylic acids is 1. The summed E-state index contributed by atoms with van der Waals surface area (Å²) >= 11 is 4.17. The highest BCUT2D eigenvalue weighted by Crippen LogP contribution is 2.20. The molecule has 0 unspecified atom stereocenters. The van der Waals surface area contributed by atoms with Gasteiger partial charge in [0.2, 0.25) is 0 Å². The van der Waals surface area contributed by atoms with Crippen molar-refractivity contribution in [2.45, 2.75) is 17.9 Å². The molecule has 0 fully saturated rings. The van der Waals surface area contributed by atoms with Gasteiger partial charge in [-0.2, -0.15) is 5.26 Å². The molecule has 0 saturated heterocycles. The van der Waals surface area contributed by atoms with Gasteiger partial charge in [-0.15, -0.1) is 12.6 Å². The number of rotatable bonds is 3. The van der Waals surface area contributed by atoms with Crippen molar-refractivity contribution in [3.8, 4) is 6.07 Å².